The minimum atomic E-state index is -0.512. The predicted molar refractivity (Wildman–Crippen MR) is 83.6 cm³/mol. The smallest absolute Gasteiger partial charge is 0.407 e. The predicted octanol–water partition coefficient (Wildman–Crippen LogP) is 2.84. The van der Waals surface area contributed by atoms with Gasteiger partial charge >= 0.3 is 6.09 Å². The summed E-state index contributed by atoms with van der Waals surface area (Å²) in [6.07, 6.45) is -0.458. The standard InChI is InChI=1S/C16H26N2O3/c1-10-7-12(8-11(2)14(10)20-6)13(17)9-18-15(19)21-16(3,4)5/h7-8,13H,9,17H2,1-6H3,(H,18,19). The summed E-state index contributed by atoms with van der Waals surface area (Å²) in [6, 6.07) is 3.67. The van der Waals surface area contributed by atoms with Crippen LogP contribution in [0.25, 0.3) is 0 Å². The second-order valence-corrected chi connectivity index (χ2v) is 6.18. The molecule has 0 radical (unpaired) electrons. The molecule has 0 aliphatic rings. The molecule has 0 spiro atoms. The Kier molecular flexibility index (Phi) is 5.61. The maximum atomic E-state index is 11.6. The monoisotopic (exact) mass is 294 g/mol. The van der Waals surface area contributed by atoms with Gasteiger partial charge in [0.2, 0.25) is 0 Å². The molecule has 1 aromatic rings. The van der Waals surface area contributed by atoms with Crippen molar-refractivity contribution in [1.29, 1.82) is 0 Å². The number of ether oxygens (including phenoxy) is 2. The molecule has 0 saturated heterocycles. The molecule has 3 N–H and O–H groups in total. The zero-order chi connectivity index (χ0) is 16.2. The number of hydrogen-bond donors (Lipinski definition) is 2. The fourth-order valence-electron chi connectivity index (χ4n) is 2.15. The number of carbonyl (C=O) groups is 1. The number of nitrogens with one attached hydrogen (secondary N) is 1. The molecule has 0 aliphatic heterocycles. The number of amides is 1. The fourth-order valence-corrected chi connectivity index (χ4v) is 2.15. The van der Waals surface area contributed by atoms with Crippen LogP contribution >= 0.6 is 0 Å². The van der Waals surface area contributed by atoms with Gasteiger partial charge in [-0.2, -0.15) is 0 Å². The van der Waals surface area contributed by atoms with Crippen LogP contribution in [0.3, 0.4) is 0 Å². The Morgan fingerprint density at radius 3 is 2.24 bits per heavy atom. The SMILES string of the molecule is COc1c(C)cc(C(N)CNC(=O)OC(C)(C)C)cc1C. The van der Waals surface area contributed by atoms with Gasteiger partial charge in [-0.25, -0.2) is 4.79 Å². The number of benzene rings is 1. The van der Waals surface area contributed by atoms with E-state index < -0.39 is 11.7 Å². The van der Waals surface area contributed by atoms with Crippen LogP contribution in [0, 0.1) is 13.8 Å². The van der Waals surface area contributed by atoms with Crippen molar-refractivity contribution in [2.75, 3.05) is 13.7 Å². The third-order valence-electron chi connectivity index (χ3n) is 2.98. The van der Waals surface area contributed by atoms with Gasteiger partial charge < -0.3 is 20.5 Å². The van der Waals surface area contributed by atoms with Crippen molar-refractivity contribution < 1.29 is 14.3 Å². The Bertz CT molecular complexity index is 484. The number of alkyl carbamates (subject to hydrolysis) is 1. The molecular weight excluding hydrogens is 268 g/mol. The zero-order valence-electron chi connectivity index (χ0n) is 13.7. The van der Waals surface area contributed by atoms with Crippen LogP contribution in [0.2, 0.25) is 0 Å². The van der Waals surface area contributed by atoms with Crippen LogP contribution in [0.4, 0.5) is 4.79 Å². The number of hydrogen-bond acceptors (Lipinski definition) is 4. The lowest BCUT2D eigenvalue weighted by atomic mass is 10.0. The summed E-state index contributed by atoms with van der Waals surface area (Å²) in [4.78, 5) is 11.6. The molecule has 1 rings (SSSR count). The van der Waals surface area contributed by atoms with E-state index in [9.17, 15) is 4.79 Å². The number of methoxy groups -OCH3 is 1. The van der Waals surface area contributed by atoms with Crippen molar-refractivity contribution in [1.82, 2.24) is 5.32 Å². The first-order valence-corrected chi connectivity index (χ1v) is 7.01. The Morgan fingerprint density at radius 2 is 1.81 bits per heavy atom. The van der Waals surface area contributed by atoms with Gasteiger partial charge in [0, 0.05) is 12.6 Å². The molecule has 0 aromatic heterocycles. The van der Waals surface area contributed by atoms with Gasteiger partial charge in [0.05, 0.1) is 7.11 Å². The molecule has 0 aliphatic carbocycles. The average molecular weight is 294 g/mol. The van der Waals surface area contributed by atoms with Gasteiger partial charge in [0.1, 0.15) is 11.4 Å². The molecule has 1 unspecified atom stereocenters. The van der Waals surface area contributed by atoms with E-state index in [1.54, 1.807) is 7.11 Å². The molecule has 0 saturated carbocycles. The zero-order valence-corrected chi connectivity index (χ0v) is 13.7. The lowest BCUT2D eigenvalue weighted by molar-refractivity contribution is 0.0524. The maximum Gasteiger partial charge on any atom is 0.407 e. The molecule has 1 atom stereocenters. The van der Waals surface area contributed by atoms with Crippen molar-refractivity contribution in [2.24, 2.45) is 5.73 Å². The van der Waals surface area contributed by atoms with Crippen molar-refractivity contribution in [3.8, 4) is 5.75 Å². The van der Waals surface area contributed by atoms with E-state index >= 15 is 0 Å². The van der Waals surface area contributed by atoms with Gasteiger partial charge in [-0.15, -0.1) is 0 Å². The Labute approximate surface area is 126 Å². The molecule has 5 nitrogen and oxygen atoms in total. The highest BCUT2D eigenvalue weighted by Crippen LogP contribution is 2.26. The van der Waals surface area contributed by atoms with Gasteiger partial charge in [0.25, 0.3) is 0 Å². The van der Waals surface area contributed by atoms with E-state index in [1.165, 1.54) is 0 Å². The second kappa shape index (κ2) is 6.80. The second-order valence-electron chi connectivity index (χ2n) is 6.18. The van der Waals surface area contributed by atoms with E-state index in [-0.39, 0.29) is 6.04 Å². The fraction of sp³-hybridized carbons (Fsp3) is 0.562. The van der Waals surface area contributed by atoms with Crippen molar-refractivity contribution in [3.05, 3.63) is 28.8 Å². The number of carbonyl (C=O) groups excluding carboxylic acids is 1. The summed E-state index contributed by atoms with van der Waals surface area (Å²) in [5, 5.41) is 2.69. The lowest BCUT2D eigenvalue weighted by Gasteiger charge is -2.21. The molecule has 1 amide bonds. The Hall–Kier alpha value is -1.75. The number of nitrogens with two attached hydrogens (primary N) is 1. The Balaban J connectivity index is 2.68. The maximum absolute atomic E-state index is 11.6. The van der Waals surface area contributed by atoms with Gasteiger partial charge in [-0.05, 0) is 51.3 Å². The van der Waals surface area contributed by atoms with Crippen molar-refractivity contribution in [2.45, 2.75) is 46.3 Å². The van der Waals surface area contributed by atoms with Crippen molar-refractivity contribution in [3.63, 3.8) is 0 Å². The highest BCUT2D eigenvalue weighted by molar-refractivity contribution is 5.67. The molecule has 1 aromatic carbocycles. The summed E-state index contributed by atoms with van der Waals surface area (Å²) >= 11 is 0. The first-order valence-electron chi connectivity index (χ1n) is 7.01. The minimum absolute atomic E-state index is 0.291. The van der Waals surface area contributed by atoms with Crippen LogP contribution in [-0.4, -0.2) is 25.3 Å². The van der Waals surface area contributed by atoms with E-state index in [0.29, 0.717) is 6.54 Å². The van der Waals surface area contributed by atoms with Crippen LogP contribution < -0.4 is 15.8 Å². The summed E-state index contributed by atoms with van der Waals surface area (Å²) in [6.45, 7) is 9.74. The molecule has 118 valence electrons. The summed E-state index contributed by atoms with van der Waals surface area (Å²) in [7, 11) is 1.65. The van der Waals surface area contributed by atoms with E-state index in [2.05, 4.69) is 5.32 Å². The first kappa shape index (κ1) is 17.3. The number of aryl methyl sites for hydroxylation is 2. The highest BCUT2D eigenvalue weighted by Gasteiger charge is 2.17. The molecule has 0 bridgehead atoms. The largest absolute Gasteiger partial charge is 0.496 e. The average Bonchev–Trinajstić information content (AvgIpc) is 2.33. The van der Waals surface area contributed by atoms with Crippen LogP contribution in [0.15, 0.2) is 12.1 Å². The van der Waals surface area contributed by atoms with Crippen LogP contribution in [-0.2, 0) is 4.74 Å². The van der Waals surface area contributed by atoms with Crippen LogP contribution in [0.5, 0.6) is 5.75 Å². The summed E-state index contributed by atoms with van der Waals surface area (Å²) in [5.74, 6) is 0.867. The molecular formula is C16H26N2O3. The molecule has 5 heteroatoms. The lowest BCUT2D eigenvalue weighted by Crippen LogP contribution is -2.36. The third-order valence-corrected chi connectivity index (χ3v) is 2.98. The van der Waals surface area contributed by atoms with E-state index in [4.69, 9.17) is 15.2 Å². The minimum Gasteiger partial charge on any atom is -0.496 e. The van der Waals surface area contributed by atoms with Gasteiger partial charge in [0.15, 0.2) is 0 Å². The van der Waals surface area contributed by atoms with E-state index in [1.807, 2.05) is 46.8 Å². The number of rotatable bonds is 4. The summed E-state index contributed by atoms with van der Waals surface area (Å²) in [5.41, 5.74) is 8.63. The quantitative estimate of drug-likeness (QED) is 0.895. The molecule has 0 heterocycles. The topological polar surface area (TPSA) is 73.6 Å². The molecule has 0 fully saturated rings. The van der Waals surface area contributed by atoms with Gasteiger partial charge in [-0.3, -0.25) is 0 Å². The first-order chi connectivity index (χ1) is 9.64. The summed E-state index contributed by atoms with van der Waals surface area (Å²) < 4.78 is 10.5. The normalized spacial score (nSPS) is 12.7. The highest BCUT2D eigenvalue weighted by atomic mass is 16.6. The van der Waals surface area contributed by atoms with Gasteiger partial charge in [-0.1, -0.05) is 12.1 Å². The third kappa shape index (κ3) is 5.27. The molecule has 21 heavy (non-hydrogen) atoms. The Morgan fingerprint density at radius 1 is 1.29 bits per heavy atom. The van der Waals surface area contributed by atoms with Crippen molar-refractivity contribution >= 4 is 6.09 Å². The van der Waals surface area contributed by atoms with E-state index in [0.717, 1.165) is 22.4 Å². The van der Waals surface area contributed by atoms with Crippen LogP contribution in [0.1, 0.15) is 43.5 Å².